The van der Waals surface area contributed by atoms with Crippen molar-refractivity contribution in [2.45, 2.75) is 0 Å². The molecule has 0 bridgehead atoms. The maximum atomic E-state index is 9.48. The number of phenolic OH excluding ortho intramolecular Hbond substituents is 1. The van der Waals surface area contributed by atoms with E-state index in [-0.39, 0.29) is 5.75 Å². The molecule has 0 aliphatic heterocycles. The van der Waals surface area contributed by atoms with Crippen molar-refractivity contribution < 1.29 is 5.11 Å². The van der Waals surface area contributed by atoms with E-state index < -0.39 is 0 Å². The highest BCUT2D eigenvalue weighted by molar-refractivity contribution is 7.13. The van der Waals surface area contributed by atoms with Gasteiger partial charge in [-0.15, -0.1) is 11.3 Å². The molecule has 1 heterocycles. The Morgan fingerprint density at radius 2 is 1.67 bits per heavy atom. The van der Waals surface area contributed by atoms with E-state index in [0.29, 0.717) is 0 Å². The highest BCUT2D eigenvalue weighted by atomic mass is 32.1. The molecule has 0 fully saturated rings. The van der Waals surface area contributed by atoms with Crippen LogP contribution in [0.4, 0.5) is 0 Å². The van der Waals surface area contributed by atoms with Gasteiger partial charge in [0.2, 0.25) is 0 Å². The van der Waals surface area contributed by atoms with Crippen LogP contribution in [0.15, 0.2) is 60.0 Å². The first-order chi connectivity index (χ1) is 8.83. The van der Waals surface area contributed by atoms with Crippen molar-refractivity contribution >= 4 is 11.3 Å². The lowest BCUT2D eigenvalue weighted by Gasteiger charge is -1.97. The number of rotatable bonds is 2. The lowest BCUT2D eigenvalue weighted by atomic mass is 10.2. The molecular formula is C15H11NOS. The average molecular weight is 253 g/mol. The van der Waals surface area contributed by atoms with E-state index >= 15 is 0 Å². The monoisotopic (exact) mass is 253 g/mol. The van der Waals surface area contributed by atoms with Gasteiger partial charge in [-0.25, -0.2) is 4.98 Å². The predicted molar refractivity (Wildman–Crippen MR) is 74.7 cm³/mol. The van der Waals surface area contributed by atoms with E-state index in [1.807, 2.05) is 47.8 Å². The summed E-state index contributed by atoms with van der Waals surface area (Å²) in [6.45, 7) is 0. The molecule has 0 radical (unpaired) electrons. The minimum atomic E-state index is 0.268. The van der Waals surface area contributed by atoms with Gasteiger partial charge in [0.15, 0.2) is 0 Å². The minimum absolute atomic E-state index is 0.268. The van der Waals surface area contributed by atoms with Crippen LogP contribution in [0.25, 0.3) is 21.8 Å². The number of phenols is 1. The molecule has 18 heavy (non-hydrogen) atoms. The van der Waals surface area contributed by atoms with E-state index in [1.54, 1.807) is 23.5 Å². The number of aromatic hydroxyl groups is 1. The fourth-order valence-corrected chi connectivity index (χ4v) is 2.61. The zero-order valence-corrected chi connectivity index (χ0v) is 10.4. The van der Waals surface area contributed by atoms with Gasteiger partial charge >= 0.3 is 0 Å². The molecule has 1 N–H and O–H groups in total. The smallest absolute Gasteiger partial charge is 0.124 e. The Morgan fingerprint density at radius 1 is 0.889 bits per heavy atom. The van der Waals surface area contributed by atoms with Gasteiger partial charge in [0, 0.05) is 16.5 Å². The molecular weight excluding hydrogens is 242 g/mol. The molecule has 2 aromatic carbocycles. The Labute approximate surface area is 109 Å². The molecule has 88 valence electrons. The zero-order chi connectivity index (χ0) is 12.4. The van der Waals surface area contributed by atoms with Gasteiger partial charge in [-0.1, -0.05) is 42.5 Å². The Kier molecular flexibility index (Phi) is 2.82. The molecule has 3 rings (SSSR count). The summed E-state index contributed by atoms with van der Waals surface area (Å²) in [4.78, 5) is 4.60. The second-order valence-corrected chi connectivity index (χ2v) is 4.81. The molecule has 0 aliphatic carbocycles. The summed E-state index contributed by atoms with van der Waals surface area (Å²) in [7, 11) is 0. The summed E-state index contributed by atoms with van der Waals surface area (Å²) in [5.74, 6) is 0.268. The van der Waals surface area contributed by atoms with Gasteiger partial charge in [0.05, 0.1) is 5.69 Å². The van der Waals surface area contributed by atoms with Crippen LogP contribution in [-0.4, -0.2) is 10.1 Å². The van der Waals surface area contributed by atoms with Gasteiger partial charge in [-0.3, -0.25) is 0 Å². The highest BCUT2D eigenvalue weighted by Crippen LogP contribution is 2.30. The van der Waals surface area contributed by atoms with E-state index in [9.17, 15) is 5.11 Å². The van der Waals surface area contributed by atoms with Crippen LogP contribution in [0.5, 0.6) is 5.75 Å². The lowest BCUT2D eigenvalue weighted by Crippen LogP contribution is -1.78. The molecule has 0 unspecified atom stereocenters. The molecule has 2 nitrogen and oxygen atoms in total. The van der Waals surface area contributed by atoms with Crippen molar-refractivity contribution in [1.82, 2.24) is 4.98 Å². The van der Waals surface area contributed by atoms with Crippen LogP contribution in [0.3, 0.4) is 0 Å². The van der Waals surface area contributed by atoms with Gasteiger partial charge in [-0.2, -0.15) is 0 Å². The summed E-state index contributed by atoms with van der Waals surface area (Å²) in [6, 6.07) is 17.3. The summed E-state index contributed by atoms with van der Waals surface area (Å²) in [5, 5.41) is 12.4. The van der Waals surface area contributed by atoms with Gasteiger partial charge < -0.3 is 5.11 Å². The molecule has 0 spiro atoms. The molecule has 3 heteroatoms. The third-order valence-corrected chi connectivity index (χ3v) is 3.56. The van der Waals surface area contributed by atoms with Gasteiger partial charge in [0.1, 0.15) is 10.8 Å². The van der Waals surface area contributed by atoms with E-state index in [1.165, 1.54) is 0 Å². The molecule has 1 aromatic heterocycles. The topological polar surface area (TPSA) is 33.1 Å². The molecule has 3 aromatic rings. The minimum Gasteiger partial charge on any atom is -0.508 e. The number of hydrogen-bond donors (Lipinski definition) is 1. The maximum absolute atomic E-state index is 9.48. The standard InChI is InChI=1S/C15H11NOS/c17-13-8-4-7-12(9-13)15-16-14(10-18-15)11-5-2-1-3-6-11/h1-10,17H. The van der Waals surface area contributed by atoms with E-state index in [4.69, 9.17) is 0 Å². The first kappa shape index (κ1) is 11.0. The average Bonchev–Trinajstić information content (AvgIpc) is 2.89. The molecule has 0 saturated heterocycles. The maximum Gasteiger partial charge on any atom is 0.124 e. The number of nitrogens with zero attached hydrogens (tertiary/aromatic N) is 1. The van der Waals surface area contributed by atoms with Gasteiger partial charge in [0.25, 0.3) is 0 Å². The largest absolute Gasteiger partial charge is 0.508 e. The summed E-state index contributed by atoms with van der Waals surface area (Å²) >= 11 is 1.58. The van der Waals surface area contributed by atoms with Crippen molar-refractivity contribution in [3.63, 3.8) is 0 Å². The quantitative estimate of drug-likeness (QED) is 0.743. The second kappa shape index (κ2) is 4.63. The zero-order valence-electron chi connectivity index (χ0n) is 9.58. The van der Waals surface area contributed by atoms with Crippen LogP contribution in [0.1, 0.15) is 0 Å². The Bertz CT molecular complexity index is 661. The fraction of sp³-hybridized carbons (Fsp3) is 0. The molecule has 0 atom stereocenters. The number of thiazole rings is 1. The lowest BCUT2D eigenvalue weighted by molar-refractivity contribution is 0.475. The van der Waals surface area contributed by atoms with Crippen LogP contribution < -0.4 is 0 Å². The van der Waals surface area contributed by atoms with Crippen LogP contribution in [-0.2, 0) is 0 Å². The first-order valence-corrected chi connectivity index (χ1v) is 6.51. The summed E-state index contributed by atoms with van der Waals surface area (Å²) in [5.41, 5.74) is 3.03. The first-order valence-electron chi connectivity index (χ1n) is 5.63. The Balaban J connectivity index is 2.00. The second-order valence-electron chi connectivity index (χ2n) is 3.95. The molecule has 0 amide bonds. The highest BCUT2D eigenvalue weighted by Gasteiger charge is 2.06. The fourth-order valence-electron chi connectivity index (χ4n) is 1.79. The summed E-state index contributed by atoms with van der Waals surface area (Å²) < 4.78 is 0. The van der Waals surface area contributed by atoms with Crippen molar-refractivity contribution in [3.05, 3.63) is 60.0 Å². The van der Waals surface area contributed by atoms with E-state index in [0.717, 1.165) is 21.8 Å². The number of aromatic nitrogens is 1. The van der Waals surface area contributed by atoms with E-state index in [2.05, 4.69) is 4.98 Å². The third kappa shape index (κ3) is 2.13. The molecule has 0 aliphatic rings. The number of benzene rings is 2. The van der Waals surface area contributed by atoms with Crippen molar-refractivity contribution in [1.29, 1.82) is 0 Å². The third-order valence-electron chi connectivity index (χ3n) is 2.67. The van der Waals surface area contributed by atoms with Crippen LogP contribution in [0.2, 0.25) is 0 Å². The summed E-state index contributed by atoms with van der Waals surface area (Å²) in [6.07, 6.45) is 0. The number of hydrogen-bond acceptors (Lipinski definition) is 3. The Hall–Kier alpha value is -2.13. The SMILES string of the molecule is Oc1cccc(-c2nc(-c3ccccc3)cs2)c1. The van der Waals surface area contributed by atoms with Crippen LogP contribution in [0, 0.1) is 0 Å². The molecule has 0 saturated carbocycles. The predicted octanol–water partition coefficient (Wildman–Crippen LogP) is 4.18. The van der Waals surface area contributed by atoms with Gasteiger partial charge in [-0.05, 0) is 12.1 Å². The van der Waals surface area contributed by atoms with Crippen molar-refractivity contribution in [2.75, 3.05) is 0 Å². The van der Waals surface area contributed by atoms with Crippen molar-refractivity contribution in [2.24, 2.45) is 0 Å². The van der Waals surface area contributed by atoms with Crippen LogP contribution >= 0.6 is 11.3 Å². The van der Waals surface area contributed by atoms with Crippen molar-refractivity contribution in [3.8, 4) is 27.6 Å². The normalized spacial score (nSPS) is 10.4. The Morgan fingerprint density at radius 3 is 2.44 bits per heavy atom.